The second kappa shape index (κ2) is 8.24. The Kier molecular flexibility index (Phi) is 6.32. The molecule has 0 saturated carbocycles. The first-order chi connectivity index (χ1) is 10.7. The fraction of sp³-hybridized carbons (Fsp3) is 0.429. The van der Waals surface area contributed by atoms with Gasteiger partial charge in [0.05, 0.1) is 11.3 Å². The zero-order valence-corrected chi connectivity index (χ0v) is 14.0. The summed E-state index contributed by atoms with van der Waals surface area (Å²) in [4.78, 5) is 12.4. The van der Waals surface area contributed by atoms with Crippen molar-refractivity contribution in [1.29, 1.82) is 0 Å². The fourth-order valence-electron chi connectivity index (χ4n) is 2.61. The molecule has 1 saturated heterocycles. The average molecular weight is 357 g/mol. The molecule has 7 nitrogen and oxygen atoms in total. The summed E-state index contributed by atoms with van der Waals surface area (Å²) in [5.41, 5.74) is 1.07. The van der Waals surface area contributed by atoms with Crippen molar-refractivity contribution in [2.24, 2.45) is 5.92 Å². The summed E-state index contributed by atoms with van der Waals surface area (Å²) in [5, 5.41) is 17.8. The van der Waals surface area contributed by atoms with E-state index in [1.165, 1.54) is 17.4 Å². The Morgan fingerprint density at radius 2 is 2.35 bits per heavy atom. The maximum atomic E-state index is 12.4. The molecule has 1 atom stereocenters. The van der Waals surface area contributed by atoms with Gasteiger partial charge < -0.3 is 10.6 Å². The molecule has 2 aromatic rings. The van der Waals surface area contributed by atoms with Crippen LogP contribution in [0.25, 0.3) is 5.69 Å². The van der Waals surface area contributed by atoms with E-state index >= 15 is 0 Å². The van der Waals surface area contributed by atoms with Crippen LogP contribution in [0.15, 0.2) is 24.5 Å². The summed E-state index contributed by atoms with van der Waals surface area (Å²) in [6.45, 7) is 2.74. The van der Waals surface area contributed by atoms with Gasteiger partial charge in [0.25, 0.3) is 5.91 Å². The molecule has 1 fully saturated rings. The van der Waals surface area contributed by atoms with E-state index in [0.717, 1.165) is 19.5 Å². The molecule has 1 aromatic carbocycles. The summed E-state index contributed by atoms with van der Waals surface area (Å²) < 4.78 is 1.45. The number of hydrogen-bond acceptors (Lipinski definition) is 5. The lowest BCUT2D eigenvalue weighted by atomic mass is 10.1. The van der Waals surface area contributed by atoms with Crippen molar-refractivity contribution in [2.75, 3.05) is 19.6 Å². The molecule has 9 heteroatoms. The molecule has 2 heterocycles. The number of nitrogens with one attached hydrogen (secondary N) is 2. The third-order valence-electron chi connectivity index (χ3n) is 3.80. The van der Waals surface area contributed by atoms with Crippen LogP contribution in [0, 0.1) is 5.92 Å². The Labute approximate surface area is 145 Å². The number of aromatic nitrogens is 4. The molecular formula is C14H18Cl2N6O. The van der Waals surface area contributed by atoms with Gasteiger partial charge >= 0.3 is 0 Å². The number of nitrogens with zero attached hydrogens (tertiary/aromatic N) is 4. The molecule has 1 aromatic heterocycles. The van der Waals surface area contributed by atoms with Gasteiger partial charge in [-0.15, -0.1) is 17.5 Å². The topological polar surface area (TPSA) is 84.7 Å². The number of tetrazole rings is 1. The molecule has 3 rings (SSSR count). The summed E-state index contributed by atoms with van der Waals surface area (Å²) in [6, 6.07) is 5.07. The van der Waals surface area contributed by atoms with Gasteiger partial charge in [-0.2, -0.15) is 4.68 Å². The first kappa shape index (κ1) is 17.7. The molecule has 0 bridgehead atoms. The fourth-order valence-corrected chi connectivity index (χ4v) is 2.78. The van der Waals surface area contributed by atoms with Crippen LogP contribution in [0.4, 0.5) is 0 Å². The van der Waals surface area contributed by atoms with Gasteiger partial charge in [-0.05, 0) is 60.5 Å². The molecule has 124 valence electrons. The van der Waals surface area contributed by atoms with E-state index in [2.05, 4.69) is 26.2 Å². The molecule has 1 unspecified atom stereocenters. The van der Waals surface area contributed by atoms with Crippen molar-refractivity contribution in [3.63, 3.8) is 0 Å². The quantitative estimate of drug-likeness (QED) is 0.847. The van der Waals surface area contributed by atoms with E-state index in [-0.39, 0.29) is 18.3 Å². The highest BCUT2D eigenvalue weighted by Gasteiger charge is 2.17. The molecule has 2 N–H and O–H groups in total. The van der Waals surface area contributed by atoms with E-state index < -0.39 is 0 Å². The van der Waals surface area contributed by atoms with Gasteiger partial charge in [-0.3, -0.25) is 4.79 Å². The lowest BCUT2D eigenvalue weighted by Crippen LogP contribution is -2.27. The Morgan fingerprint density at radius 1 is 1.48 bits per heavy atom. The predicted molar refractivity (Wildman–Crippen MR) is 89.3 cm³/mol. The normalized spacial score (nSPS) is 16.8. The lowest BCUT2D eigenvalue weighted by molar-refractivity contribution is 0.0951. The van der Waals surface area contributed by atoms with Crippen molar-refractivity contribution in [3.05, 3.63) is 35.1 Å². The van der Waals surface area contributed by atoms with E-state index in [9.17, 15) is 4.79 Å². The highest BCUT2D eigenvalue weighted by atomic mass is 35.5. The molecule has 0 aliphatic carbocycles. The molecule has 1 amide bonds. The van der Waals surface area contributed by atoms with E-state index in [1.54, 1.807) is 18.2 Å². The Balaban J connectivity index is 0.00000192. The van der Waals surface area contributed by atoms with Crippen LogP contribution < -0.4 is 10.6 Å². The van der Waals surface area contributed by atoms with Gasteiger partial charge in [0, 0.05) is 11.6 Å². The predicted octanol–water partition coefficient (Wildman–Crippen LogP) is 1.47. The number of hydrogen-bond donors (Lipinski definition) is 2. The third kappa shape index (κ3) is 4.40. The van der Waals surface area contributed by atoms with Crippen molar-refractivity contribution in [2.45, 2.75) is 12.8 Å². The number of rotatable bonds is 5. The zero-order valence-electron chi connectivity index (χ0n) is 12.4. The molecule has 1 aliphatic rings. The largest absolute Gasteiger partial charge is 0.352 e. The van der Waals surface area contributed by atoms with Crippen LogP contribution >= 0.6 is 24.0 Å². The number of carbonyl (C=O) groups excluding carboxylic acids is 1. The van der Waals surface area contributed by atoms with Gasteiger partial charge in [-0.25, -0.2) is 0 Å². The SMILES string of the molecule is Cl.O=C(NCCC1CCNC1)c1cc(Cl)ccc1-n1cnnn1. The van der Waals surface area contributed by atoms with Crippen LogP contribution in [0.2, 0.25) is 5.02 Å². The Bertz CT molecular complexity index is 643. The minimum absolute atomic E-state index is 0. The van der Waals surface area contributed by atoms with Gasteiger partial charge in [-0.1, -0.05) is 11.6 Å². The summed E-state index contributed by atoms with van der Waals surface area (Å²) in [7, 11) is 0. The lowest BCUT2D eigenvalue weighted by Gasteiger charge is -2.12. The van der Waals surface area contributed by atoms with Gasteiger partial charge in [0.15, 0.2) is 0 Å². The molecule has 1 aliphatic heterocycles. The smallest absolute Gasteiger partial charge is 0.253 e. The minimum Gasteiger partial charge on any atom is -0.352 e. The standard InChI is InChI=1S/C14H17ClN6O.ClH/c15-11-1-2-13(21-9-18-19-20-21)12(7-11)14(22)17-6-4-10-3-5-16-8-10;/h1-2,7,9-10,16H,3-6,8H2,(H,17,22);1H. The van der Waals surface area contributed by atoms with Crippen molar-refractivity contribution < 1.29 is 4.79 Å². The first-order valence-corrected chi connectivity index (χ1v) is 7.63. The Morgan fingerprint density at radius 3 is 3.04 bits per heavy atom. The van der Waals surface area contributed by atoms with Crippen LogP contribution in [0.1, 0.15) is 23.2 Å². The Hall–Kier alpha value is -1.70. The van der Waals surface area contributed by atoms with Crippen LogP contribution in [0.5, 0.6) is 0 Å². The first-order valence-electron chi connectivity index (χ1n) is 7.26. The van der Waals surface area contributed by atoms with Crippen molar-refractivity contribution >= 4 is 29.9 Å². The minimum atomic E-state index is -0.168. The molecule has 0 radical (unpaired) electrons. The van der Waals surface area contributed by atoms with Crippen LogP contribution in [-0.2, 0) is 0 Å². The van der Waals surface area contributed by atoms with Gasteiger partial charge in [0.2, 0.25) is 0 Å². The second-order valence-electron chi connectivity index (χ2n) is 5.32. The van der Waals surface area contributed by atoms with Crippen LogP contribution in [0.3, 0.4) is 0 Å². The van der Waals surface area contributed by atoms with Crippen LogP contribution in [-0.4, -0.2) is 45.7 Å². The number of benzene rings is 1. The monoisotopic (exact) mass is 356 g/mol. The van der Waals surface area contributed by atoms with E-state index in [4.69, 9.17) is 11.6 Å². The molecule has 0 spiro atoms. The number of amides is 1. The average Bonchev–Trinajstić information content (AvgIpc) is 3.20. The third-order valence-corrected chi connectivity index (χ3v) is 4.03. The summed E-state index contributed by atoms with van der Waals surface area (Å²) >= 11 is 6.01. The number of halogens is 2. The molecule has 23 heavy (non-hydrogen) atoms. The number of carbonyl (C=O) groups is 1. The summed E-state index contributed by atoms with van der Waals surface area (Å²) in [6.07, 6.45) is 3.59. The summed E-state index contributed by atoms with van der Waals surface area (Å²) in [5.74, 6) is 0.470. The van der Waals surface area contributed by atoms with E-state index in [1.807, 2.05) is 0 Å². The maximum Gasteiger partial charge on any atom is 0.253 e. The molecular weight excluding hydrogens is 339 g/mol. The van der Waals surface area contributed by atoms with Crippen molar-refractivity contribution in [1.82, 2.24) is 30.8 Å². The maximum absolute atomic E-state index is 12.4. The highest BCUT2D eigenvalue weighted by molar-refractivity contribution is 6.31. The van der Waals surface area contributed by atoms with Gasteiger partial charge in [0.1, 0.15) is 6.33 Å². The zero-order chi connectivity index (χ0) is 15.4. The van der Waals surface area contributed by atoms with E-state index in [0.29, 0.717) is 28.7 Å². The second-order valence-corrected chi connectivity index (χ2v) is 5.76. The van der Waals surface area contributed by atoms with Crippen molar-refractivity contribution in [3.8, 4) is 5.69 Å². The highest BCUT2D eigenvalue weighted by Crippen LogP contribution is 2.19.